The van der Waals surface area contributed by atoms with Crippen molar-refractivity contribution in [3.05, 3.63) is 54.6 Å². The Kier molecular flexibility index (Phi) is 5.33. The summed E-state index contributed by atoms with van der Waals surface area (Å²) in [6.07, 6.45) is 1.96. The number of nitrogens with one attached hydrogen (secondary N) is 1. The predicted molar refractivity (Wildman–Crippen MR) is 110 cm³/mol. The zero-order valence-corrected chi connectivity index (χ0v) is 16.2. The number of hydrogen-bond donors (Lipinski definition) is 1. The third kappa shape index (κ3) is 3.67. The molecule has 27 heavy (non-hydrogen) atoms. The second kappa shape index (κ2) is 7.88. The summed E-state index contributed by atoms with van der Waals surface area (Å²) in [5.74, 6) is 0. The fourth-order valence-electron chi connectivity index (χ4n) is 3.83. The first-order valence-electron chi connectivity index (χ1n) is 9.58. The van der Waals surface area contributed by atoms with Crippen LogP contribution in [0.4, 0.5) is 17.1 Å². The summed E-state index contributed by atoms with van der Waals surface area (Å²) in [5.41, 5.74) is 2.16. The van der Waals surface area contributed by atoms with Gasteiger partial charge in [0.15, 0.2) is 0 Å². The minimum absolute atomic E-state index is 0.493. The van der Waals surface area contributed by atoms with Crippen molar-refractivity contribution in [2.45, 2.75) is 12.8 Å². The first kappa shape index (κ1) is 18.3. The topological polar surface area (TPSA) is 55.9 Å². The van der Waals surface area contributed by atoms with Gasteiger partial charge >= 0.3 is 10.2 Å². The van der Waals surface area contributed by atoms with Gasteiger partial charge < -0.3 is 10.2 Å². The van der Waals surface area contributed by atoms with Crippen LogP contribution in [0.1, 0.15) is 12.8 Å². The van der Waals surface area contributed by atoms with Crippen molar-refractivity contribution in [2.24, 2.45) is 0 Å². The number of nitrogens with zero attached hydrogens (tertiary/aromatic N) is 3. The van der Waals surface area contributed by atoms with E-state index in [4.69, 9.17) is 0 Å². The maximum Gasteiger partial charge on any atom is 0.330 e. The Bertz CT molecular complexity index is 865. The average molecular weight is 387 g/mol. The molecule has 4 rings (SSSR count). The summed E-state index contributed by atoms with van der Waals surface area (Å²) < 4.78 is 29.6. The minimum Gasteiger partial charge on any atom is -0.315 e. The molecular weight excluding hydrogens is 360 g/mol. The Morgan fingerprint density at radius 2 is 1.59 bits per heavy atom. The molecule has 2 aliphatic rings. The van der Waals surface area contributed by atoms with Crippen molar-refractivity contribution in [3.8, 4) is 0 Å². The average Bonchev–Trinajstić information content (AvgIpc) is 2.84. The number of fused-ring (bicyclic) bond motifs is 1. The number of para-hydroxylation sites is 3. The van der Waals surface area contributed by atoms with Crippen LogP contribution in [0, 0.1) is 0 Å². The van der Waals surface area contributed by atoms with E-state index in [1.54, 1.807) is 4.31 Å². The first-order chi connectivity index (χ1) is 13.2. The Morgan fingerprint density at radius 1 is 0.852 bits per heavy atom. The fraction of sp³-hybridized carbons (Fsp3) is 0.400. The molecule has 144 valence electrons. The number of benzene rings is 2. The van der Waals surface area contributed by atoms with Gasteiger partial charge in [-0.3, -0.25) is 4.31 Å². The van der Waals surface area contributed by atoms with Crippen molar-refractivity contribution < 1.29 is 8.42 Å². The SMILES string of the molecule is O=S1(=O)N(CCCN2CCCNCC2)c2ccccc2N1c1ccccc1. The van der Waals surface area contributed by atoms with Gasteiger partial charge in [0.2, 0.25) is 0 Å². The van der Waals surface area contributed by atoms with E-state index < -0.39 is 10.2 Å². The van der Waals surface area contributed by atoms with Gasteiger partial charge in [-0.2, -0.15) is 8.42 Å². The molecular formula is C20H26N4O2S. The molecule has 0 radical (unpaired) electrons. The largest absolute Gasteiger partial charge is 0.330 e. The van der Waals surface area contributed by atoms with Gasteiger partial charge in [-0.25, -0.2) is 4.31 Å². The molecule has 6 nitrogen and oxygen atoms in total. The lowest BCUT2D eigenvalue weighted by Gasteiger charge is -2.24. The van der Waals surface area contributed by atoms with Crippen LogP contribution in [-0.2, 0) is 10.2 Å². The van der Waals surface area contributed by atoms with Crippen LogP contribution >= 0.6 is 0 Å². The third-order valence-electron chi connectivity index (χ3n) is 5.14. The Balaban J connectivity index is 1.54. The summed E-state index contributed by atoms with van der Waals surface area (Å²) in [6, 6.07) is 16.9. The van der Waals surface area contributed by atoms with E-state index in [1.165, 1.54) is 4.31 Å². The summed E-state index contributed by atoms with van der Waals surface area (Å²) in [4.78, 5) is 2.42. The van der Waals surface area contributed by atoms with Crippen molar-refractivity contribution in [3.63, 3.8) is 0 Å². The standard InChI is InChI=1S/C20H26N4O2S/c25-27(26)23(16-7-15-22-14-6-12-21-13-17-22)19-10-4-5-11-20(19)24(27)18-8-2-1-3-9-18/h1-5,8-11,21H,6-7,12-17H2. The third-order valence-corrected chi connectivity index (χ3v) is 6.94. The van der Waals surface area contributed by atoms with E-state index in [-0.39, 0.29) is 0 Å². The quantitative estimate of drug-likeness (QED) is 0.858. The summed E-state index contributed by atoms with van der Waals surface area (Å²) in [5, 5.41) is 3.40. The molecule has 0 saturated carbocycles. The highest BCUT2D eigenvalue weighted by atomic mass is 32.2. The van der Waals surface area contributed by atoms with Crippen LogP contribution in [-0.4, -0.2) is 52.6 Å². The molecule has 2 heterocycles. The highest BCUT2D eigenvalue weighted by molar-refractivity contribution is 7.95. The molecule has 2 aliphatic heterocycles. The van der Waals surface area contributed by atoms with Crippen LogP contribution < -0.4 is 13.9 Å². The Labute approximate surface area is 161 Å². The first-order valence-corrected chi connectivity index (χ1v) is 11.0. The fourth-order valence-corrected chi connectivity index (χ4v) is 5.58. The van der Waals surface area contributed by atoms with Gasteiger partial charge in [0.25, 0.3) is 0 Å². The second-order valence-corrected chi connectivity index (χ2v) is 8.67. The normalized spacial score (nSPS) is 19.7. The molecule has 1 fully saturated rings. The molecule has 0 atom stereocenters. The summed E-state index contributed by atoms with van der Waals surface area (Å²) in [7, 11) is -3.61. The van der Waals surface area contributed by atoms with E-state index in [1.807, 2.05) is 54.6 Å². The second-order valence-electron chi connectivity index (χ2n) is 6.97. The lowest BCUT2D eigenvalue weighted by Crippen LogP contribution is -2.37. The molecule has 2 aromatic rings. The molecule has 0 aliphatic carbocycles. The zero-order valence-electron chi connectivity index (χ0n) is 15.4. The highest BCUT2D eigenvalue weighted by Crippen LogP contribution is 2.44. The van der Waals surface area contributed by atoms with Gasteiger partial charge in [0.05, 0.1) is 17.1 Å². The smallest absolute Gasteiger partial charge is 0.315 e. The van der Waals surface area contributed by atoms with Crippen LogP contribution in [0.2, 0.25) is 0 Å². The summed E-state index contributed by atoms with van der Waals surface area (Å²) in [6.45, 7) is 5.59. The Morgan fingerprint density at radius 3 is 2.41 bits per heavy atom. The van der Waals surface area contributed by atoms with Crippen LogP contribution in [0.25, 0.3) is 0 Å². The maximum absolute atomic E-state index is 13.3. The number of rotatable bonds is 5. The van der Waals surface area contributed by atoms with Crippen LogP contribution in [0.3, 0.4) is 0 Å². The predicted octanol–water partition coefficient (Wildman–Crippen LogP) is 2.57. The van der Waals surface area contributed by atoms with E-state index in [0.717, 1.165) is 56.9 Å². The van der Waals surface area contributed by atoms with Crippen LogP contribution in [0.15, 0.2) is 54.6 Å². The molecule has 0 aromatic heterocycles. The lowest BCUT2D eigenvalue weighted by molar-refractivity contribution is 0.291. The molecule has 1 N–H and O–H groups in total. The Hall–Kier alpha value is -2.09. The van der Waals surface area contributed by atoms with Crippen molar-refractivity contribution in [1.29, 1.82) is 0 Å². The maximum atomic E-state index is 13.3. The molecule has 0 amide bonds. The van der Waals surface area contributed by atoms with Crippen molar-refractivity contribution in [1.82, 2.24) is 10.2 Å². The monoisotopic (exact) mass is 386 g/mol. The molecule has 7 heteroatoms. The summed E-state index contributed by atoms with van der Waals surface area (Å²) >= 11 is 0. The number of anilines is 3. The van der Waals surface area contributed by atoms with Gasteiger partial charge in [-0.1, -0.05) is 30.3 Å². The van der Waals surface area contributed by atoms with E-state index in [0.29, 0.717) is 12.2 Å². The van der Waals surface area contributed by atoms with Gasteiger partial charge in [0, 0.05) is 19.6 Å². The molecule has 0 bridgehead atoms. The number of hydrogen-bond acceptors (Lipinski definition) is 4. The van der Waals surface area contributed by atoms with E-state index in [2.05, 4.69) is 10.2 Å². The lowest BCUT2D eigenvalue weighted by atomic mass is 10.2. The highest BCUT2D eigenvalue weighted by Gasteiger charge is 2.40. The van der Waals surface area contributed by atoms with Crippen LogP contribution in [0.5, 0.6) is 0 Å². The van der Waals surface area contributed by atoms with Gasteiger partial charge in [-0.15, -0.1) is 0 Å². The van der Waals surface area contributed by atoms with E-state index >= 15 is 0 Å². The van der Waals surface area contributed by atoms with Gasteiger partial charge in [0.1, 0.15) is 0 Å². The molecule has 1 saturated heterocycles. The molecule has 0 spiro atoms. The zero-order chi connectivity index (χ0) is 18.7. The minimum atomic E-state index is -3.61. The molecule has 0 unspecified atom stereocenters. The van der Waals surface area contributed by atoms with Gasteiger partial charge in [-0.05, 0) is 56.7 Å². The molecule has 2 aromatic carbocycles. The van der Waals surface area contributed by atoms with Crippen molar-refractivity contribution >= 4 is 27.3 Å². The van der Waals surface area contributed by atoms with E-state index in [9.17, 15) is 8.42 Å². The van der Waals surface area contributed by atoms with Crippen molar-refractivity contribution in [2.75, 3.05) is 47.9 Å².